The fraction of sp³-hybridized carbons (Fsp3) is 0.316. The molecule has 2 aromatic carbocycles. The normalized spacial score (nSPS) is 11.9. The second kappa shape index (κ2) is 8.50. The molecule has 0 aromatic heterocycles. The molecule has 0 aliphatic rings. The van der Waals surface area contributed by atoms with E-state index in [1.807, 2.05) is 44.2 Å². The van der Waals surface area contributed by atoms with Gasteiger partial charge in [0.15, 0.2) is 0 Å². The number of nitrogens with one attached hydrogen (secondary N) is 1. The number of carbonyl (C=O) groups is 1. The SMILES string of the molecule is CC(C)(Cc1ccccc1)NC(=O)CN(c1ccc(Cl)cc1Cl)S(C)(=O)=O. The van der Waals surface area contributed by atoms with Crippen LogP contribution in [0.5, 0.6) is 0 Å². The zero-order valence-corrected chi connectivity index (χ0v) is 17.7. The number of sulfonamides is 1. The predicted octanol–water partition coefficient (Wildman–Crippen LogP) is 3.90. The number of carbonyl (C=O) groups excluding carboxylic acids is 1. The molecular formula is C19H22Cl2N2O3S. The summed E-state index contributed by atoms with van der Waals surface area (Å²) in [4.78, 5) is 12.6. The van der Waals surface area contributed by atoms with Gasteiger partial charge in [-0.15, -0.1) is 0 Å². The van der Waals surface area contributed by atoms with E-state index in [9.17, 15) is 13.2 Å². The molecule has 0 aliphatic carbocycles. The number of nitrogens with zero attached hydrogens (tertiary/aromatic N) is 1. The highest BCUT2D eigenvalue weighted by Crippen LogP contribution is 2.30. The van der Waals surface area contributed by atoms with Crippen LogP contribution in [0.1, 0.15) is 19.4 Å². The zero-order chi connectivity index (χ0) is 20.2. The molecule has 5 nitrogen and oxygen atoms in total. The van der Waals surface area contributed by atoms with Crippen LogP contribution in [-0.4, -0.2) is 32.7 Å². The van der Waals surface area contributed by atoms with Gasteiger partial charge < -0.3 is 5.32 Å². The van der Waals surface area contributed by atoms with Crippen molar-refractivity contribution >= 4 is 44.8 Å². The van der Waals surface area contributed by atoms with Crippen molar-refractivity contribution in [2.24, 2.45) is 0 Å². The standard InChI is InChI=1S/C19H22Cl2N2O3S/c1-19(2,12-14-7-5-4-6-8-14)22-18(24)13-23(27(3,25)26)17-10-9-15(20)11-16(17)21/h4-11H,12-13H2,1-3H3,(H,22,24). The average Bonchev–Trinajstić information content (AvgIpc) is 2.52. The number of anilines is 1. The van der Waals surface area contributed by atoms with Crippen molar-refractivity contribution in [2.75, 3.05) is 17.1 Å². The lowest BCUT2D eigenvalue weighted by Gasteiger charge is -2.29. The van der Waals surface area contributed by atoms with Crippen molar-refractivity contribution in [3.63, 3.8) is 0 Å². The summed E-state index contributed by atoms with van der Waals surface area (Å²) >= 11 is 12.0. The Morgan fingerprint density at radius 2 is 1.74 bits per heavy atom. The molecule has 0 radical (unpaired) electrons. The Kier molecular flexibility index (Phi) is 6.78. The van der Waals surface area contributed by atoms with Crippen molar-refractivity contribution in [3.8, 4) is 0 Å². The summed E-state index contributed by atoms with van der Waals surface area (Å²) in [5, 5.41) is 3.43. The Labute approximate surface area is 170 Å². The second-order valence-electron chi connectivity index (χ2n) is 6.96. The summed E-state index contributed by atoms with van der Waals surface area (Å²) in [5.41, 5.74) is 0.730. The van der Waals surface area contributed by atoms with Crippen molar-refractivity contribution in [1.29, 1.82) is 0 Å². The lowest BCUT2D eigenvalue weighted by molar-refractivity contribution is -0.121. The smallest absolute Gasteiger partial charge is 0.241 e. The van der Waals surface area contributed by atoms with E-state index >= 15 is 0 Å². The van der Waals surface area contributed by atoms with Gasteiger partial charge in [-0.2, -0.15) is 0 Å². The maximum absolute atomic E-state index is 12.6. The molecule has 0 atom stereocenters. The quantitative estimate of drug-likeness (QED) is 0.726. The van der Waals surface area contributed by atoms with Gasteiger partial charge in [0.1, 0.15) is 6.54 Å². The molecule has 0 unspecified atom stereocenters. The number of amides is 1. The van der Waals surface area contributed by atoms with Crippen LogP contribution in [0.2, 0.25) is 10.0 Å². The summed E-state index contributed by atoms with van der Waals surface area (Å²) in [6, 6.07) is 14.2. The first-order chi connectivity index (χ1) is 12.5. The molecular weight excluding hydrogens is 407 g/mol. The van der Waals surface area contributed by atoms with E-state index in [1.165, 1.54) is 18.2 Å². The minimum atomic E-state index is -3.72. The van der Waals surface area contributed by atoms with E-state index in [-0.39, 0.29) is 17.3 Å². The molecule has 8 heteroatoms. The van der Waals surface area contributed by atoms with E-state index in [0.717, 1.165) is 16.1 Å². The number of halogens is 2. The lowest BCUT2D eigenvalue weighted by atomic mass is 9.95. The third-order valence-corrected chi connectivity index (χ3v) is 5.50. The summed E-state index contributed by atoms with van der Waals surface area (Å²) in [5.74, 6) is -0.424. The molecule has 2 aromatic rings. The number of rotatable bonds is 7. The van der Waals surface area contributed by atoms with Crippen molar-refractivity contribution in [3.05, 3.63) is 64.1 Å². The van der Waals surface area contributed by atoms with Crippen LogP contribution in [0.3, 0.4) is 0 Å². The molecule has 0 heterocycles. The molecule has 0 spiro atoms. The minimum Gasteiger partial charge on any atom is -0.349 e. The highest BCUT2D eigenvalue weighted by atomic mass is 35.5. The molecule has 146 valence electrons. The van der Waals surface area contributed by atoms with Gasteiger partial charge in [-0.1, -0.05) is 53.5 Å². The Bertz CT molecular complexity index is 916. The highest BCUT2D eigenvalue weighted by molar-refractivity contribution is 7.92. The topological polar surface area (TPSA) is 66.5 Å². The molecule has 0 bridgehead atoms. The van der Waals surface area contributed by atoms with Gasteiger partial charge in [0.2, 0.25) is 15.9 Å². The maximum Gasteiger partial charge on any atom is 0.241 e. The van der Waals surface area contributed by atoms with Gasteiger partial charge >= 0.3 is 0 Å². The Morgan fingerprint density at radius 3 is 2.30 bits per heavy atom. The van der Waals surface area contributed by atoms with Crippen LogP contribution in [0.25, 0.3) is 0 Å². The van der Waals surface area contributed by atoms with E-state index < -0.39 is 21.5 Å². The first-order valence-corrected chi connectivity index (χ1v) is 10.9. The Morgan fingerprint density at radius 1 is 1.11 bits per heavy atom. The maximum atomic E-state index is 12.6. The number of hydrogen-bond donors (Lipinski definition) is 1. The van der Waals surface area contributed by atoms with Gasteiger partial charge in [0.25, 0.3) is 0 Å². The Balaban J connectivity index is 2.16. The minimum absolute atomic E-state index is 0.157. The van der Waals surface area contributed by atoms with Gasteiger partial charge in [0, 0.05) is 10.6 Å². The average molecular weight is 429 g/mol. The highest BCUT2D eigenvalue weighted by Gasteiger charge is 2.27. The first-order valence-electron chi connectivity index (χ1n) is 8.26. The summed E-state index contributed by atoms with van der Waals surface area (Å²) in [7, 11) is -3.72. The largest absolute Gasteiger partial charge is 0.349 e. The first kappa shape index (κ1) is 21.5. The molecule has 27 heavy (non-hydrogen) atoms. The van der Waals surface area contributed by atoms with Crippen LogP contribution in [0.15, 0.2) is 48.5 Å². The third kappa shape index (κ3) is 6.41. The molecule has 0 saturated carbocycles. The van der Waals surface area contributed by atoms with Gasteiger partial charge in [-0.25, -0.2) is 8.42 Å². The van der Waals surface area contributed by atoms with Crippen molar-refractivity contribution in [1.82, 2.24) is 5.32 Å². The van der Waals surface area contributed by atoms with E-state index in [1.54, 1.807) is 0 Å². The molecule has 1 amide bonds. The molecule has 0 saturated heterocycles. The number of hydrogen-bond acceptors (Lipinski definition) is 3. The van der Waals surface area contributed by atoms with E-state index in [0.29, 0.717) is 11.4 Å². The molecule has 2 rings (SSSR count). The molecule has 0 fully saturated rings. The van der Waals surface area contributed by atoms with Crippen LogP contribution in [0.4, 0.5) is 5.69 Å². The lowest BCUT2D eigenvalue weighted by Crippen LogP contribution is -2.50. The van der Waals surface area contributed by atoms with E-state index in [2.05, 4.69) is 5.32 Å². The van der Waals surface area contributed by atoms with Gasteiger partial charge in [-0.05, 0) is 44.0 Å². The van der Waals surface area contributed by atoms with E-state index in [4.69, 9.17) is 23.2 Å². The van der Waals surface area contributed by atoms with Gasteiger partial charge in [-0.3, -0.25) is 9.10 Å². The van der Waals surface area contributed by atoms with Crippen LogP contribution in [-0.2, 0) is 21.2 Å². The fourth-order valence-corrected chi connectivity index (χ4v) is 4.19. The summed E-state index contributed by atoms with van der Waals surface area (Å²) in [6.07, 6.45) is 1.64. The Hall–Kier alpha value is -1.76. The van der Waals surface area contributed by atoms with Crippen molar-refractivity contribution in [2.45, 2.75) is 25.8 Å². The molecule has 1 N–H and O–H groups in total. The third-order valence-electron chi connectivity index (χ3n) is 3.83. The van der Waals surface area contributed by atoms with Gasteiger partial charge in [0.05, 0.1) is 17.0 Å². The van der Waals surface area contributed by atoms with Crippen molar-refractivity contribution < 1.29 is 13.2 Å². The summed E-state index contributed by atoms with van der Waals surface area (Å²) in [6.45, 7) is 3.40. The predicted molar refractivity (Wildman–Crippen MR) is 111 cm³/mol. The zero-order valence-electron chi connectivity index (χ0n) is 15.4. The van der Waals surface area contributed by atoms with Crippen LogP contribution in [0, 0.1) is 0 Å². The second-order valence-corrected chi connectivity index (χ2v) is 9.71. The monoisotopic (exact) mass is 428 g/mol. The number of benzene rings is 2. The summed E-state index contributed by atoms with van der Waals surface area (Å²) < 4.78 is 25.4. The fourth-order valence-electron chi connectivity index (χ4n) is 2.76. The van der Waals surface area contributed by atoms with Crippen LogP contribution >= 0.6 is 23.2 Å². The molecule has 0 aliphatic heterocycles. The van der Waals surface area contributed by atoms with Crippen LogP contribution < -0.4 is 9.62 Å².